The van der Waals surface area contributed by atoms with Crippen molar-refractivity contribution >= 4 is 17.9 Å². The number of carbonyl (C=O) groups excluding carboxylic acids is 1. The Hall–Kier alpha value is -1.02. The molecule has 0 aliphatic heterocycles. The Bertz CT molecular complexity index is 348. The number of rotatable bonds is 5. The molecule has 1 aromatic rings. The van der Waals surface area contributed by atoms with Crippen LogP contribution in [0.15, 0.2) is 12.1 Å². The highest BCUT2D eigenvalue weighted by molar-refractivity contribution is 6.32. The Morgan fingerprint density at radius 2 is 2.20 bits per heavy atom. The minimum atomic E-state index is 0.500. The third kappa shape index (κ3) is 2.96. The number of hydrogen-bond donors (Lipinski definition) is 0. The maximum absolute atomic E-state index is 10.3. The van der Waals surface area contributed by atoms with Gasteiger partial charge >= 0.3 is 0 Å². The van der Waals surface area contributed by atoms with Gasteiger partial charge in [0, 0.05) is 6.42 Å². The Morgan fingerprint density at radius 1 is 1.47 bits per heavy atom. The molecule has 0 fully saturated rings. The van der Waals surface area contributed by atoms with E-state index in [1.807, 2.05) is 12.1 Å². The molecule has 0 N–H and O–H groups in total. The van der Waals surface area contributed by atoms with E-state index in [9.17, 15) is 4.79 Å². The highest BCUT2D eigenvalue weighted by Gasteiger charge is 2.09. The highest BCUT2D eigenvalue weighted by Crippen LogP contribution is 2.31. The fourth-order valence-electron chi connectivity index (χ4n) is 1.55. The maximum Gasteiger partial charge on any atom is 0.140 e. The van der Waals surface area contributed by atoms with Crippen LogP contribution in [0, 0.1) is 0 Å². The third-order valence-electron chi connectivity index (χ3n) is 2.32. The molecule has 0 radical (unpaired) electrons. The second-order valence-corrected chi connectivity index (χ2v) is 3.74. The van der Waals surface area contributed by atoms with Crippen LogP contribution in [0.4, 0.5) is 0 Å². The third-order valence-corrected chi connectivity index (χ3v) is 2.60. The van der Waals surface area contributed by atoms with Gasteiger partial charge in [0.1, 0.15) is 12.0 Å². The lowest BCUT2D eigenvalue weighted by Gasteiger charge is -2.11. The van der Waals surface area contributed by atoms with Crippen LogP contribution in [-0.2, 0) is 17.6 Å². The molecule has 2 nitrogen and oxygen atoms in total. The smallest absolute Gasteiger partial charge is 0.140 e. The molecule has 0 aliphatic carbocycles. The van der Waals surface area contributed by atoms with E-state index in [1.54, 1.807) is 7.11 Å². The zero-order chi connectivity index (χ0) is 11.3. The second kappa shape index (κ2) is 5.76. The van der Waals surface area contributed by atoms with Crippen LogP contribution < -0.4 is 4.74 Å². The summed E-state index contributed by atoms with van der Waals surface area (Å²) in [6, 6.07) is 3.96. The zero-order valence-corrected chi connectivity index (χ0v) is 9.80. The number of ether oxygens (including phenoxy) is 1. The fourth-order valence-corrected chi connectivity index (χ4v) is 1.88. The summed E-state index contributed by atoms with van der Waals surface area (Å²) in [5, 5.41) is 0.623. The van der Waals surface area contributed by atoms with Crippen molar-refractivity contribution in [1.29, 1.82) is 0 Å². The van der Waals surface area contributed by atoms with E-state index in [1.165, 1.54) is 5.56 Å². The molecular weight excluding hydrogens is 212 g/mol. The summed E-state index contributed by atoms with van der Waals surface area (Å²) >= 11 is 6.08. The number of halogens is 1. The van der Waals surface area contributed by atoms with Crippen LogP contribution in [0.25, 0.3) is 0 Å². The predicted molar refractivity (Wildman–Crippen MR) is 61.8 cm³/mol. The van der Waals surface area contributed by atoms with Crippen molar-refractivity contribution in [1.82, 2.24) is 0 Å². The Balaban J connectivity index is 3.07. The van der Waals surface area contributed by atoms with E-state index in [-0.39, 0.29) is 0 Å². The minimum Gasteiger partial charge on any atom is -0.495 e. The molecule has 1 rings (SSSR count). The van der Waals surface area contributed by atoms with Gasteiger partial charge in [0.15, 0.2) is 0 Å². The molecule has 0 amide bonds. The molecule has 0 atom stereocenters. The summed E-state index contributed by atoms with van der Waals surface area (Å²) < 4.78 is 5.22. The molecule has 0 saturated carbocycles. The standard InChI is InChI=1S/C12H15ClO2/c1-3-9-7-10(5-4-6-14)12(15-2)11(13)8-9/h6-8H,3-5H2,1-2H3. The fraction of sp³-hybridized carbons (Fsp3) is 0.417. The molecule has 0 saturated heterocycles. The van der Waals surface area contributed by atoms with Gasteiger partial charge in [0.05, 0.1) is 12.1 Å². The maximum atomic E-state index is 10.3. The number of aryl methyl sites for hydroxylation is 2. The predicted octanol–water partition coefficient (Wildman–Crippen LogP) is 3.04. The van der Waals surface area contributed by atoms with Crippen molar-refractivity contribution in [3.8, 4) is 5.75 Å². The molecule has 0 heterocycles. The van der Waals surface area contributed by atoms with Crippen molar-refractivity contribution in [2.24, 2.45) is 0 Å². The Kier molecular flexibility index (Phi) is 4.63. The van der Waals surface area contributed by atoms with Crippen molar-refractivity contribution in [3.63, 3.8) is 0 Å². The first kappa shape index (κ1) is 12.1. The van der Waals surface area contributed by atoms with Gasteiger partial charge in [-0.2, -0.15) is 0 Å². The van der Waals surface area contributed by atoms with E-state index < -0.39 is 0 Å². The van der Waals surface area contributed by atoms with E-state index in [2.05, 4.69) is 6.92 Å². The number of aldehydes is 1. The largest absolute Gasteiger partial charge is 0.495 e. The molecular formula is C12H15ClO2. The van der Waals surface area contributed by atoms with Gasteiger partial charge in [-0.3, -0.25) is 0 Å². The molecule has 1 aromatic carbocycles. The zero-order valence-electron chi connectivity index (χ0n) is 9.05. The molecule has 3 heteroatoms. The Morgan fingerprint density at radius 3 is 2.73 bits per heavy atom. The van der Waals surface area contributed by atoms with Crippen LogP contribution in [0.2, 0.25) is 5.02 Å². The molecule has 15 heavy (non-hydrogen) atoms. The quantitative estimate of drug-likeness (QED) is 0.722. The van der Waals surface area contributed by atoms with Gasteiger partial charge < -0.3 is 9.53 Å². The average molecular weight is 227 g/mol. The second-order valence-electron chi connectivity index (χ2n) is 3.33. The van der Waals surface area contributed by atoms with E-state index in [4.69, 9.17) is 16.3 Å². The topological polar surface area (TPSA) is 26.3 Å². The first-order valence-electron chi connectivity index (χ1n) is 5.01. The number of benzene rings is 1. The van der Waals surface area contributed by atoms with Crippen LogP contribution in [0.3, 0.4) is 0 Å². The summed E-state index contributed by atoms with van der Waals surface area (Å²) in [6.45, 7) is 2.07. The molecule has 0 aromatic heterocycles. The van der Waals surface area contributed by atoms with Gasteiger partial charge in [-0.15, -0.1) is 0 Å². The van der Waals surface area contributed by atoms with Gasteiger partial charge in [-0.25, -0.2) is 0 Å². The van der Waals surface area contributed by atoms with E-state index in [0.29, 0.717) is 23.6 Å². The van der Waals surface area contributed by atoms with Crippen molar-refractivity contribution in [3.05, 3.63) is 28.3 Å². The molecule has 82 valence electrons. The normalized spacial score (nSPS) is 10.1. The molecule has 0 unspecified atom stereocenters. The van der Waals surface area contributed by atoms with Gasteiger partial charge in [0.2, 0.25) is 0 Å². The van der Waals surface area contributed by atoms with Crippen molar-refractivity contribution in [2.75, 3.05) is 7.11 Å². The number of hydrogen-bond acceptors (Lipinski definition) is 2. The lowest BCUT2D eigenvalue weighted by molar-refractivity contribution is -0.107. The van der Waals surface area contributed by atoms with Crippen LogP contribution in [-0.4, -0.2) is 13.4 Å². The molecule has 0 spiro atoms. The summed E-state index contributed by atoms with van der Waals surface area (Å²) in [6.07, 6.45) is 3.02. The molecule has 0 aliphatic rings. The minimum absolute atomic E-state index is 0.500. The van der Waals surface area contributed by atoms with Crippen molar-refractivity contribution in [2.45, 2.75) is 26.2 Å². The SMILES string of the molecule is CCc1cc(Cl)c(OC)c(CCC=O)c1. The van der Waals surface area contributed by atoms with Gasteiger partial charge in [0.25, 0.3) is 0 Å². The van der Waals surface area contributed by atoms with Gasteiger partial charge in [-0.05, 0) is 30.0 Å². The van der Waals surface area contributed by atoms with Crippen LogP contribution in [0.1, 0.15) is 24.5 Å². The lowest BCUT2D eigenvalue weighted by atomic mass is 10.0. The average Bonchev–Trinajstić information content (AvgIpc) is 2.25. The summed E-state index contributed by atoms with van der Waals surface area (Å²) in [5.41, 5.74) is 2.18. The highest BCUT2D eigenvalue weighted by atomic mass is 35.5. The summed E-state index contributed by atoms with van der Waals surface area (Å²) in [5.74, 6) is 0.690. The first-order chi connectivity index (χ1) is 7.22. The van der Waals surface area contributed by atoms with Crippen LogP contribution in [0.5, 0.6) is 5.75 Å². The van der Waals surface area contributed by atoms with Gasteiger partial charge in [-0.1, -0.05) is 24.6 Å². The summed E-state index contributed by atoms with van der Waals surface area (Å²) in [4.78, 5) is 10.3. The monoisotopic (exact) mass is 226 g/mol. The van der Waals surface area contributed by atoms with Crippen LogP contribution >= 0.6 is 11.6 Å². The Labute approximate surface area is 95.2 Å². The number of methoxy groups -OCH3 is 1. The summed E-state index contributed by atoms with van der Waals surface area (Å²) in [7, 11) is 1.59. The lowest BCUT2D eigenvalue weighted by Crippen LogP contribution is -1.96. The number of carbonyl (C=O) groups is 1. The van der Waals surface area contributed by atoms with E-state index >= 15 is 0 Å². The van der Waals surface area contributed by atoms with E-state index in [0.717, 1.165) is 18.3 Å². The molecule has 0 bridgehead atoms. The van der Waals surface area contributed by atoms with Crippen molar-refractivity contribution < 1.29 is 9.53 Å². The first-order valence-corrected chi connectivity index (χ1v) is 5.39.